The number of para-hydroxylation sites is 1. The number of amides is 1. The van der Waals surface area contributed by atoms with Crippen molar-refractivity contribution >= 4 is 6.09 Å². The molecular weight excluding hydrogens is 280 g/mol. The highest BCUT2D eigenvalue weighted by molar-refractivity contribution is 5.68. The second-order valence-corrected chi connectivity index (χ2v) is 6.96. The summed E-state index contributed by atoms with van der Waals surface area (Å²) in [4.78, 5) is 11.7. The third-order valence-corrected chi connectivity index (χ3v) is 3.75. The largest absolute Gasteiger partial charge is 0.508 e. The fraction of sp³-hybridized carbons (Fsp3) is 0.588. The van der Waals surface area contributed by atoms with Gasteiger partial charge in [-0.2, -0.15) is 0 Å². The van der Waals surface area contributed by atoms with Crippen molar-refractivity contribution < 1.29 is 14.6 Å². The van der Waals surface area contributed by atoms with Crippen LogP contribution in [-0.4, -0.2) is 28.9 Å². The average Bonchev–Trinajstić information content (AvgIpc) is 2.34. The van der Waals surface area contributed by atoms with E-state index in [1.54, 1.807) is 6.07 Å². The van der Waals surface area contributed by atoms with Crippen molar-refractivity contribution in [1.29, 1.82) is 0 Å². The van der Waals surface area contributed by atoms with Gasteiger partial charge < -0.3 is 20.5 Å². The minimum atomic E-state index is -0.467. The number of carbonyl (C=O) groups is 1. The normalized spacial score (nSPS) is 22.5. The SMILES string of the molecule is CC(NC1CC(NC(=O)OC(C)(C)C)C1)c1ccccc1O. The third-order valence-electron chi connectivity index (χ3n) is 3.75. The van der Waals surface area contributed by atoms with E-state index in [4.69, 9.17) is 4.74 Å². The third kappa shape index (κ3) is 4.63. The Hall–Kier alpha value is -1.75. The molecule has 1 aromatic rings. The molecule has 122 valence electrons. The summed E-state index contributed by atoms with van der Waals surface area (Å²) in [5.41, 5.74) is 0.427. The minimum Gasteiger partial charge on any atom is -0.508 e. The van der Waals surface area contributed by atoms with Crippen molar-refractivity contribution in [2.24, 2.45) is 0 Å². The molecule has 1 aliphatic carbocycles. The predicted molar refractivity (Wildman–Crippen MR) is 85.8 cm³/mol. The standard InChI is InChI=1S/C17H26N2O3/c1-11(14-7-5-6-8-15(14)20)18-12-9-13(10-12)19-16(21)22-17(2,3)4/h5-8,11-13,18,20H,9-10H2,1-4H3,(H,19,21). The fourth-order valence-corrected chi connectivity index (χ4v) is 2.64. The second kappa shape index (κ2) is 6.57. The van der Waals surface area contributed by atoms with Gasteiger partial charge in [0.15, 0.2) is 0 Å². The number of ether oxygens (including phenoxy) is 1. The van der Waals surface area contributed by atoms with Crippen LogP contribution in [0, 0.1) is 0 Å². The molecule has 5 nitrogen and oxygen atoms in total. The number of aromatic hydroxyl groups is 1. The Morgan fingerprint density at radius 3 is 2.50 bits per heavy atom. The number of nitrogens with one attached hydrogen (secondary N) is 2. The lowest BCUT2D eigenvalue weighted by atomic mass is 9.86. The average molecular weight is 306 g/mol. The van der Waals surface area contributed by atoms with Crippen molar-refractivity contribution in [2.45, 2.75) is 64.3 Å². The van der Waals surface area contributed by atoms with E-state index in [0.29, 0.717) is 11.8 Å². The topological polar surface area (TPSA) is 70.6 Å². The summed E-state index contributed by atoms with van der Waals surface area (Å²) in [6.45, 7) is 7.59. The van der Waals surface area contributed by atoms with Crippen LogP contribution in [-0.2, 0) is 4.74 Å². The molecule has 1 atom stereocenters. The quantitative estimate of drug-likeness (QED) is 0.799. The van der Waals surface area contributed by atoms with Crippen molar-refractivity contribution in [2.75, 3.05) is 0 Å². The number of phenols is 1. The Bertz CT molecular complexity index is 519. The molecule has 0 bridgehead atoms. The maximum Gasteiger partial charge on any atom is 0.407 e. The van der Waals surface area contributed by atoms with Crippen molar-refractivity contribution in [3.63, 3.8) is 0 Å². The molecule has 0 aromatic heterocycles. The van der Waals surface area contributed by atoms with Gasteiger partial charge in [0.1, 0.15) is 11.4 Å². The highest BCUT2D eigenvalue weighted by atomic mass is 16.6. The highest BCUT2D eigenvalue weighted by Gasteiger charge is 2.32. The van der Waals surface area contributed by atoms with Crippen LogP contribution in [0.15, 0.2) is 24.3 Å². The first-order valence-corrected chi connectivity index (χ1v) is 7.78. The second-order valence-electron chi connectivity index (χ2n) is 6.96. The van der Waals surface area contributed by atoms with Gasteiger partial charge >= 0.3 is 6.09 Å². The van der Waals surface area contributed by atoms with E-state index in [9.17, 15) is 9.90 Å². The maximum absolute atomic E-state index is 11.7. The Morgan fingerprint density at radius 2 is 1.91 bits per heavy atom. The van der Waals surface area contributed by atoms with Gasteiger partial charge in [-0.15, -0.1) is 0 Å². The summed E-state index contributed by atoms with van der Waals surface area (Å²) >= 11 is 0. The summed E-state index contributed by atoms with van der Waals surface area (Å²) in [5, 5.41) is 16.2. The van der Waals surface area contributed by atoms with Crippen LogP contribution in [0.2, 0.25) is 0 Å². The van der Waals surface area contributed by atoms with E-state index in [1.165, 1.54) is 0 Å². The molecule has 1 amide bonds. The highest BCUT2D eigenvalue weighted by Crippen LogP contribution is 2.27. The van der Waals surface area contributed by atoms with Crippen LogP contribution >= 0.6 is 0 Å². The number of hydrogen-bond donors (Lipinski definition) is 3. The molecule has 22 heavy (non-hydrogen) atoms. The van der Waals surface area contributed by atoms with E-state index >= 15 is 0 Å². The Morgan fingerprint density at radius 1 is 1.27 bits per heavy atom. The van der Waals surface area contributed by atoms with Crippen molar-refractivity contribution in [3.05, 3.63) is 29.8 Å². The van der Waals surface area contributed by atoms with Crippen LogP contribution in [0.1, 0.15) is 52.1 Å². The Labute approximate surface area is 132 Å². The monoisotopic (exact) mass is 306 g/mol. The van der Waals surface area contributed by atoms with Crippen LogP contribution in [0.4, 0.5) is 4.79 Å². The smallest absolute Gasteiger partial charge is 0.407 e. The molecule has 5 heteroatoms. The summed E-state index contributed by atoms with van der Waals surface area (Å²) < 4.78 is 5.24. The van der Waals surface area contributed by atoms with Gasteiger partial charge in [0.2, 0.25) is 0 Å². The van der Waals surface area contributed by atoms with Gasteiger partial charge in [0.25, 0.3) is 0 Å². The summed E-state index contributed by atoms with van der Waals surface area (Å²) in [5.74, 6) is 0.310. The molecule has 1 fully saturated rings. The summed E-state index contributed by atoms with van der Waals surface area (Å²) in [7, 11) is 0. The molecule has 2 rings (SSSR count). The van der Waals surface area contributed by atoms with Gasteiger partial charge in [0.05, 0.1) is 0 Å². The first-order chi connectivity index (χ1) is 10.2. The Balaban J connectivity index is 1.73. The molecule has 0 radical (unpaired) electrons. The van der Waals surface area contributed by atoms with E-state index in [-0.39, 0.29) is 18.2 Å². The number of carbonyl (C=O) groups excluding carboxylic acids is 1. The molecule has 1 saturated carbocycles. The van der Waals surface area contributed by atoms with Crippen molar-refractivity contribution in [3.8, 4) is 5.75 Å². The number of phenolic OH excluding ortho intramolecular Hbond substituents is 1. The Kier molecular flexibility index (Phi) is 4.96. The van der Waals surface area contributed by atoms with Crippen LogP contribution in [0.25, 0.3) is 0 Å². The van der Waals surface area contributed by atoms with E-state index < -0.39 is 5.60 Å². The molecule has 3 N–H and O–H groups in total. The fourth-order valence-electron chi connectivity index (χ4n) is 2.64. The number of alkyl carbamates (subject to hydrolysis) is 1. The first-order valence-electron chi connectivity index (χ1n) is 7.78. The number of benzene rings is 1. The van der Waals surface area contributed by atoms with Crippen LogP contribution in [0.3, 0.4) is 0 Å². The molecule has 0 aliphatic heterocycles. The van der Waals surface area contributed by atoms with Crippen LogP contribution < -0.4 is 10.6 Å². The zero-order valence-electron chi connectivity index (χ0n) is 13.7. The number of rotatable bonds is 4. The molecule has 0 spiro atoms. The van der Waals surface area contributed by atoms with Crippen molar-refractivity contribution in [1.82, 2.24) is 10.6 Å². The van der Waals surface area contributed by atoms with Gasteiger partial charge in [-0.1, -0.05) is 18.2 Å². The molecule has 1 unspecified atom stereocenters. The number of hydrogen-bond acceptors (Lipinski definition) is 4. The van der Waals surface area contributed by atoms with Gasteiger partial charge in [-0.05, 0) is 46.6 Å². The van der Waals surface area contributed by atoms with Gasteiger partial charge in [0, 0.05) is 23.7 Å². The van der Waals surface area contributed by atoms with E-state index in [0.717, 1.165) is 18.4 Å². The molecule has 0 saturated heterocycles. The summed E-state index contributed by atoms with van der Waals surface area (Å²) in [6.07, 6.45) is 1.39. The first kappa shape index (κ1) is 16.6. The zero-order chi connectivity index (χ0) is 16.3. The lowest BCUT2D eigenvalue weighted by Crippen LogP contribution is -2.53. The predicted octanol–water partition coefficient (Wildman–Crippen LogP) is 3.10. The lowest BCUT2D eigenvalue weighted by molar-refractivity contribution is 0.0463. The molecule has 1 aromatic carbocycles. The zero-order valence-corrected chi connectivity index (χ0v) is 13.7. The maximum atomic E-state index is 11.7. The molecular formula is C17H26N2O3. The van der Waals surface area contributed by atoms with Gasteiger partial charge in [-0.25, -0.2) is 4.79 Å². The van der Waals surface area contributed by atoms with E-state index in [2.05, 4.69) is 10.6 Å². The van der Waals surface area contributed by atoms with Crippen LogP contribution in [0.5, 0.6) is 5.75 Å². The van der Waals surface area contributed by atoms with E-state index in [1.807, 2.05) is 45.9 Å². The lowest BCUT2D eigenvalue weighted by Gasteiger charge is -2.38. The molecule has 0 heterocycles. The van der Waals surface area contributed by atoms with Gasteiger partial charge in [-0.3, -0.25) is 0 Å². The minimum absolute atomic E-state index is 0.0775. The summed E-state index contributed by atoms with van der Waals surface area (Å²) in [6, 6.07) is 7.92. The molecule has 1 aliphatic rings.